The Bertz CT molecular complexity index is 338. The smallest absolute Gasteiger partial charge is 0.385 e. The quantitative estimate of drug-likeness (QED) is 0.828. The van der Waals surface area contributed by atoms with Crippen LogP contribution in [0.15, 0.2) is 24.3 Å². The van der Waals surface area contributed by atoms with Crippen LogP contribution in [-0.4, -0.2) is 6.54 Å². The zero-order valence-corrected chi connectivity index (χ0v) is 8.85. The molecule has 1 aromatic rings. The number of rotatable bonds is 3. The molecule has 0 unspecified atom stereocenters. The van der Waals surface area contributed by atoms with Crippen molar-refractivity contribution in [2.75, 3.05) is 11.9 Å². The van der Waals surface area contributed by atoms with Crippen LogP contribution in [0.25, 0.3) is 0 Å². The maximum atomic E-state index is 12.3. The first-order chi connectivity index (χ1) is 7.55. The number of benzene rings is 1. The van der Waals surface area contributed by atoms with Gasteiger partial charge in [0.15, 0.2) is 0 Å². The zero-order chi connectivity index (χ0) is 11.6. The molecule has 0 aliphatic heterocycles. The second-order valence-electron chi connectivity index (χ2n) is 4.25. The van der Waals surface area contributed by atoms with Crippen LogP contribution < -0.4 is 5.32 Å². The summed E-state index contributed by atoms with van der Waals surface area (Å²) in [5, 5.41) is 3.16. The van der Waals surface area contributed by atoms with E-state index in [0.29, 0.717) is 5.92 Å². The third kappa shape index (κ3) is 2.68. The SMILES string of the molecule is FC(F)(F)c1ccc(NCC2CCC2)cc1. The van der Waals surface area contributed by atoms with Crippen molar-refractivity contribution in [1.29, 1.82) is 0 Å². The molecule has 0 aromatic heterocycles. The van der Waals surface area contributed by atoms with Gasteiger partial charge in [-0.15, -0.1) is 0 Å². The second-order valence-corrected chi connectivity index (χ2v) is 4.25. The van der Waals surface area contributed by atoms with E-state index < -0.39 is 11.7 Å². The molecule has 1 fully saturated rings. The minimum Gasteiger partial charge on any atom is -0.385 e. The summed E-state index contributed by atoms with van der Waals surface area (Å²) in [5.41, 5.74) is 0.168. The van der Waals surface area contributed by atoms with Gasteiger partial charge >= 0.3 is 6.18 Å². The Kier molecular flexibility index (Phi) is 3.08. The first kappa shape index (κ1) is 11.3. The number of hydrogen-bond acceptors (Lipinski definition) is 1. The first-order valence-corrected chi connectivity index (χ1v) is 5.47. The van der Waals surface area contributed by atoms with E-state index in [0.717, 1.165) is 24.4 Å². The average Bonchev–Trinajstić information content (AvgIpc) is 2.15. The third-order valence-corrected chi connectivity index (χ3v) is 3.03. The van der Waals surface area contributed by atoms with Crippen LogP contribution in [0.4, 0.5) is 18.9 Å². The van der Waals surface area contributed by atoms with E-state index in [4.69, 9.17) is 0 Å². The summed E-state index contributed by atoms with van der Waals surface area (Å²) >= 11 is 0. The van der Waals surface area contributed by atoms with Gasteiger partial charge in [-0.3, -0.25) is 0 Å². The van der Waals surface area contributed by atoms with Gasteiger partial charge < -0.3 is 5.32 Å². The highest BCUT2D eigenvalue weighted by atomic mass is 19.4. The largest absolute Gasteiger partial charge is 0.416 e. The van der Waals surface area contributed by atoms with Crippen molar-refractivity contribution in [3.8, 4) is 0 Å². The van der Waals surface area contributed by atoms with Gasteiger partial charge in [0, 0.05) is 12.2 Å². The molecule has 0 heterocycles. The van der Waals surface area contributed by atoms with Crippen LogP contribution >= 0.6 is 0 Å². The Morgan fingerprint density at radius 1 is 1.12 bits per heavy atom. The summed E-state index contributed by atoms with van der Waals surface area (Å²) in [5.74, 6) is 0.697. The molecule has 1 N–H and O–H groups in total. The lowest BCUT2D eigenvalue weighted by Gasteiger charge is -2.25. The van der Waals surface area contributed by atoms with Gasteiger partial charge in [0.2, 0.25) is 0 Å². The van der Waals surface area contributed by atoms with Crippen LogP contribution in [0.2, 0.25) is 0 Å². The Hall–Kier alpha value is -1.19. The lowest BCUT2D eigenvalue weighted by molar-refractivity contribution is -0.137. The van der Waals surface area contributed by atoms with Crippen LogP contribution in [0.5, 0.6) is 0 Å². The molecule has 4 heteroatoms. The predicted molar refractivity (Wildman–Crippen MR) is 57.3 cm³/mol. The minimum atomic E-state index is -4.24. The molecule has 0 saturated heterocycles. The van der Waals surface area contributed by atoms with E-state index in [1.807, 2.05) is 0 Å². The number of nitrogens with one attached hydrogen (secondary N) is 1. The van der Waals surface area contributed by atoms with E-state index in [1.54, 1.807) is 0 Å². The molecule has 0 spiro atoms. The topological polar surface area (TPSA) is 12.0 Å². The van der Waals surface area contributed by atoms with Gasteiger partial charge in [0.05, 0.1) is 5.56 Å². The van der Waals surface area contributed by atoms with Crippen molar-refractivity contribution in [3.05, 3.63) is 29.8 Å². The lowest BCUT2D eigenvalue weighted by Crippen LogP contribution is -2.20. The highest BCUT2D eigenvalue weighted by Crippen LogP contribution is 2.30. The normalized spacial score (nSPS) is 16.9. The van der Waals surface area contributed by atoms with Gasteiger partial charge in [-0.05, 0) is 43.0 Å². The average molecular weight is 229 g/mol. The van der Waals surface area contributed by atoms with Gasteiger partial charge in [0.1, 0.15) is 0 Å². The Balaban J connectivity index is 1.91. The predicted octanol–water partition coefficient (Wildman–Crippen LogP) is 3.92. The van der Waals surface area contributed by atoms with Gasteiger partial charge in [-0.25, -0.2) is 0 Å². The molecule has 2 rings (SSSR count). The fraction of sp³-hybridized carbons (Fsp3) is 0.500. The van der Waals surface area contributed by atoms with Gasteiger partial charge in [-0.2, -0.15) is 13.2 Å². The second kappa shape index (κ2) is 4.36. The van der Waals surface area contributed by atoms with Crippen LogP contribution in [0.3, 0.4) is 0 Å². The van der Waals surface area contributed by atoms with E-state index in [1.165, 1.54) is 31.4 Å². The van der Waals surface area contributed by atoms with Crippen molar-refractivity contribution in [3.63, 3.8) is 0 Å². The maximum Gasteiger partial charge on any atom is 0.416 e. The Morgan fingerprint density at radius 2 is 1.75 bits per heavy atom. The molecule has 1 nitrogen and oxygen atoms in total. The van der Waals surface area contributed by atoms with Crippen LogP contribution in [-0.2, 0) is 6.18 Å². The van der Waals surface area contributed by atoms with Crippen molar-refractivity contribution < 1.29 is 13.2 Å². The van der Waals surface area contributed by atoms with E-state index in [9.17, 15) is 13.2 Å². The van der Waals surface area contributed by atoms with Crippen LogP contribution in [0.1, 0.15) is 24.8 Å². The molecule has 0 atom stereocenters. The molecule has 1 saturated carbocycles. The van der Waals surface area contributed by atoms with Crippen molar-refractivity contribution in [1.82, 2.24) is 0 Å². The summed E-state index contributed by atoms with van der Waals surface area (Å²) in [6.45, 7) is 0.866. The Labute approximate surface area is 92.7 Å². The van der Waals surface area contributed by atoms with Crippen molar-refractivity contribution in [2.45, 2.75) is 25.4 Å². The number of anilines is 1. The number of halogens is 3. The fourth-order valence-electron chi connectivity index (χ4n) is 1.74. The van der Waals surface area contributed by atoms with Crippen molar-refractivity contribution in [2.24, 2.45) is 5.92 Å². The number of hydrogen-bond donors (Lipinski definition) is 1. The summed E-state index contributed by atoms with van der Waals surface area (Å²) in [7, 11) is 0. The third-order valence-electron chi connectivity index (χ3n) is 3.03. The minimum absolute atomic E-state index is 0.596. The van der Waals surface area contributed by atoms with Crippen molar-refractivity contribution >= 4 is 5.69 Å². The summed E-state index contributed by atoms with van der Waals surface area (Å²) in [6.07, 6.45) is -0.507. The zero-order valence-electron chi connectivity index (χ0n) is 8.85. The molecule has 1 aliphatic carbocycles. The van der Waals surface area contributed by atoms with Gasteiger partial charge in [-0.1, -0.05) is 6.42 Å². The fourth-order valence-corrected chi connectivity index (χ4v) is 1.74. The summed E-state index contributed by atoms with van der Waals surface area (Å²) in [4.78, 5) is 0. The maximum absolute atomic E-state index is 12.3. The highest BCUT2D eigenvalue weighted by molar-refractivity contribution is 5.45. The number of alkyl halides is 3. The molecule has 1 aliphatic rings. The molecule has 0 amide bonds. The molecule has 0 bridgehead atoms. The molecular weight excluding hydrogens is 215 g/mol. The lowest BCUT2D eigenvalue weighted by atomic mass is 9.85. The summed E-state index contributed by atoms with van der Waals surface area (Å²) in [6, 6.07) is 5.20. The molecule has 0 radical (unpaired) electrons. The van der Waals surface area contributed by atoms with E-state index in [2.05, 4.69) is 5.32 Å². The summed E-state index contributed by atoms with van der Waals surface area (Å²) < 4.78 is 36.8. The first-order valence-electron chi connectivity index (χ1n) is 5.47. The van der Waals surface area contributed by atoms with E-state index in [-0.39, 0.29) is 0 Å². The van der Waals surface area contributed by atoms with Gasteiger partial charge in [0.25, 0.3) is 0 Å². The molecule has 88 valence electrons. The standard InChI is InChI=1S/C12H14F3N/c13-12(14,15)10-4-6-11(7-5-10)16-8-9-2-1-3-9/h4-7,9,16H,1-3,8H2. The molecule has 1 aromatic carbocycles. The van der Waals surface area contributed by atoms with E-state index >= 15 is 0 Å². The van der Waals surface area contributed by atoms with Crippen LogP contribution in [0, 0.1) is 5.92 Å². The highest BCUT2D eigenvalue weighted by Gasteiger charge is 2.29. The Morgan fingerprint density at radius 3 is 2.19 bits per heavy atom. The monoisotopic (exact) mass is 229 g/mol. The molecular formula is C12H14F3N. The molecule has 16 heavy (non-hydrogen) atoms.